The van der Waals surface area contributed by atoms with Crippen molar-refractivity contribution in [1.29, 1.82) is 0 Å². The first-order valence-electron chi connectivity index (χ1n) is 5.83. The predicted octanol–water partition coefficient (Wildman–Crippen LogP) is 2.64. The number of aromatic carboxylic acids is 1. The molecule has 2 aromatic rings. The maximum absolute atomic E-state index is 11.8. The molecule has 1 aromatic carbocycles. The third-order valence-electron chi connectivity index (χ3n) is 2.62. The van der Waals surface area contributed by atoms with Crippen LogP contribution in [0.2, 0.25) is 0 Å². The molecule has 0 aliphatic heterocycles. The molecular formula is C14H13NO4S. The van der Waals surface area contributed by atoms with Crippen LogP contribution in [0.5, 0.6) is 5.75 Å². The van der Waals surface area contributed by atoms with Crippen LogP contribution in [0.15, 0.2) is 35.7 Å². The number of ether oxygens (including phenoxy) is 1. The number of rotatable bonds is 5. The molecule has 0 radical (unpaired) electrons. The van der Waals surface area contributed by atoms with Crippen molar-refractivity contribution in [1.82, 2.24) is 0 Å². The molecule has 20 heavy (non-hydrogen) atoms. The molecule has 0 saturated carbocycles. The minimum atomic E-state index is -0.995. The van der Waals surface area contributed by atoms with Crippen molar-refractivity contribution in [3.63, 3.8) is 0 Å². The van der Waals surface area contributed by atoms with E-state index in [4.69, 9.17) is 9.84 Å². The molecule has 0 aliphatic carbocycles. The first-order chi connectivity index (χ1) is 9.58. The second-order valence-electron chi connectivity index (χ2n) is 4.08. The molecule has 5 nitrogen and oxygen atoms in total. The number of benzene rings is 1. The maximum Gasteiger partial charge on any atom is 0.345 e. The van der Waals surface area contributed by atoms with E-state index in [1.807, 2.05) is 12.1 Å². The van der Waals surface area contributed by atoms with Crippen LogP contribution in [0.1, 0.15) is 15.2 Å². The quantitative estimate of drug-likeness (QED) is 0.888. The third-order valence-corrected chi connectivity index (χ3v) is 3.54. The van der Waals surface area contributed by atoms with E-state index < -0.39 is 5.97 Å². The zero-order chi connectivity index (χ0) is 14.5. The summed E-state index contributed by atoms with van der Waals surface area (Å²) in [5, 5.41) is 13.1. The summed E-state index contributed by atoms with van der Waals surface area (Å²) in [6.07, 6.45) is 0.224. The number of carbonyl (C=O) groups is 2. The topological polar surface area (TPSA) is 75.6 Å². The summed E-state index contributed by atoms with van der Waals surface area (Å²) in [6, 6.07) is 8.65. The molecule has 1 aromatic heterocycles. The van der Waals surface area contributed by atoms with Gasteiger partial charge < -0.3 is 15.2 Å². The Bertz CT molecular complexity index is 618. The Labute approximate surface area is 119 Å². The van der Waals surface area contributed by atoms with Crippen LogP contribution in [0.4, 0.5) is 5.69 Å². The number of carbonyl (C=O) groups excluding carboxylic acids is 1. The van der Waals surface area contributed by atoms with E-state index in [1.165, 1.54) is 6.07 Å². The van der Waals surface area contributed by atoms with Gasteiger partial charge in [0.2, 0.25) is 5.91 Å². The highest BCUT2D eigenvalue weighted by Crippen LogP contribution is 2.19. The summed E-state index contributed by atoms with van der Waals surface area (Å²) in [7, 11) is 1.58. The van der Waals surface area contributed by atoms with E-state index in [9.17, 15) is 9.59 Å². The van der Waals surface area contributed by atoms with Gasteiger partial charge in [-0.2, -0.15) is 0 Å². The number of hydrogen-bond acceptors (Lipinski definition) is 4. The monoisotopic (exact) mass is 291 g/mol. The molecule has 0 unspecified atom stereocenters. The van der Waals surface area contributed by atoms with Crippen molar-refractivity contribution in [3.05, 3.63) is 46.2 Å². The number of carboxylic acids is 1. The average Bonchev–Trinajstić information content (AvgIpc) is 2.88. The number of anilines is 1. The zero-order valence-corrected chi connectivity index (χ0v) is 11.6. The zero-order valence-electron chi connectivity index (χ0n) is 10.8. The SMILES string of the molecule is COc1ccc(CC(=O)Nc2csc(C(=O)O)c2)cc1. The molecule has 2 N–H and O–H groups in total. The summed E-state index contributed by atoms with van der Waals surface area (Å²) in [4.78, 5) is 22.8. The number of methoxy groups -OCH3 is 1. The molecule has 0 aliphatic rings. The third kappa shape index (κ3) is 3.58. The van der Waals surface area contributed by atoms with Crippen molar-refractivity contribution in [2.24, 2.45) is 0 Å². The average molecular weight is 291 g/mol. The molecule has 104 valence electrons. The molecule has 0 atom stereocenters. The molecule has 0 spiro atoms. The van der Waals surface area contributed by atoms with Crippen LogP contribution in [0.25, 0.3) is 0 Å². The number of carboxylic acid groups (broad SMARTS) is 1. The largest absolute Gasteiger partial charge is 0.497 e. The van der Waals surface area contributed by atoms with Crippen LogP contribution in [0, 0.1) is 0 Å². The number of nitrogens with one attached hydrogen (secondary N) is 1. The summed E-state index contributed by atoms with van der Waals surface area (Å²) < 4.78 is 5.04. The van der Waals surface area contributed by atoms with Gasteiger partial charge in [-0.1, -0.05) is 12.1 Å². The first kappa shape index (κ1) is 14.1. The molecule has 6 heteroatoms. The van der Waals surface area contributed by atoms with Gasteiger partial charge in [0.15, 0.2) is 0 Å². The van der Waals surface area contributed by atoms with E-state index in [2.05, 4.69) is 5.32 Å². The normalized spacial score (nSPS) is 10.1. The highest BCUT2D eigenvalue weighted by molar-refractivity contribution is 7.12. The predicted molar refractivity (Wildman–Crippen MR) is 76.6 cm³/mol. The van der Waals surface area contributed by atoms with Gasteiger partial charge in [-0.15, -0.1) is 11.3 Å². The molecule has 1 amide bonds. The van der Waals surface area contributed by atoms with E-state index in [0.717, 1.165) is 22.6 Å². The Balaban J connectivity index is 1.95. The Morgan fingerprint density at radius 1 is 1.30 bits per heavy atom. The number of hydrogen-bond donors (Lipinski definition) is 2. The van der Waals surface area contributed by atoms with Crippen LogP contribution >= 0.6 is 11.3 Å². The van der Waals surface area contributed by atoms with Gasteiger partial charge >= 0.3 is 5.97 Å². The van der Waals surface area contributed by atoms with Gasteiger partial charge in [0, 0.05) is 5.38 Å². The van der Waals surface area contributed by atoms with Crippen molar-refractivity contribution in [2.75, 3.05) is 12.4 Å². The smallest absolute Gasteiger partial charge is 0.345 e. The van der Waals surface area contributed by atoms with E-state index in [-0.39, 0.29) is 17.2 Å². The molecule has 0 saturated heterocycles. The molecule has 0 fully saturated rings. The van der Waals surface area contributed by atoms with Crippen molar-refractivity contribution >= 4 is 28.9 Å². The summed E-state index contributed by atoms with van der Waals surface area (Å²) in [6.45, 7) is 0. The van der Waals surface area contributed by atoms with E-state index in [1.54, 1.807) is 24.6 Å². The van der Waals surface area contributed by atoms with Crippen LogP contribution in [-0.4, -0.2) is 24.1 Å². The fourth-order valence-corrected chi connectivity index (χ4v) is 2.32. The minimum Gasteiger partial charge on any atom is -0.497 e. The lowest BCUT2D eigenvalue weighted by Crippen LogP contribution is -2.13. The lowest BCUT2D eigenvalue weighted by molar-refractivity contribution is -0.115. The van der Waals surface area contributed by atoms with Gasteiger partial charge in [0.05, 0.1) is 19.2 Å². The summed E-state index contributed by atoms with van der Waals surface area (Å²) in [5.74, 6) is -0.450. The van der Waals surface area contributed by atoms with Crippen molar-refractivity contribution < 1.29 is 19.4 Å². The van der Waals surface area contributed by atoms with Gasteiger partial charge in [0.25, 0.3) is 0 Å². The number of amides is 1. The fourth-order valence-electron chi connectivity index (χ4n) is 1.65. The van der Waals surface area contributed by atoms with Gasteiger partial charge in [-0.25, -0.2) is 4.79 Å². The van der Waals surface area contributed by atoms with Gasteiger partial charge in [-0.3, -0.25) is 4.79 Å². The first-order valence-corrected chi connectivity index (χ1v) is 6.71. The van der Waals surface area contributed by atoms with Crippen LogP contribution < -0.4 is 10.1 Å². The van der Waals surface area contributed by atoms with Crippen molar-refractivity contribution in [3.8, 4) is 5.75 Å². The Morgan fingerprint density at radius 2 is 2.00 bits per heavy atom. The summed E-state index contributed by atoms with van der Waals surface area (Å²) in [5.41, 5.74) is 1.36. The lowest BCUT2D eigenvalue weighted by Gasteiger charge is -2.04. The second-order valence-corrected chi connectivity index (χ2v) is 4.99. The van der Waals surface area contributed by atoms with E-state index >= 15 is 0 Å². The fraction of sp³-hybridized carbons (Fsp3) is 0.143. The lowest BCUT2D eigenvalue weighted by atomic mass is 10.1. The van der Waals surface area contributed by atoms with E-state index in [0.29, 0.717) is 5.69 Å². The van der Waals surface area contributed by atoms with Gasteiger partial charge in [0.1, 0.15) is 10.6 Å². The molecule has 0 bridgehead atoms. The Kier molecular flexibility index (Phi) is 4.37. The Morgan fingerprint density at radius 3 is 2.55 bits per heavy atom. The van der Waals surface area contributed by atoms with Crippen LogP contribution in [-0.2, 0) is 11.2 Å². The highest BCUT2D eigenvalue weighted by Gasteiger charge is 2.09. The molecule has 2 rings (SSSR count). The Hall–Kier alpha value is -2.34. The highest BCUT2D eigenvalue weighted by atomic mass is 32.1. The van der Waals surface area contributed by atoms with Gasteiger partial charge in [-0.05, 0) is 23.8 Å². The number of thiophene rings is 1. The summed E-state index contributed by atoms with van der Waals surface area (Å²) >= 11 is 1.08. The maximum atomic E-state index is 11.8. The van der Waals surface area contributed by atoms with Crippen molar-refractivity contribution in [2.45, 2.75) is 6.42 Å². The molecule has 1 heterocycles. The second kappa shape index (κ2) is 6.21. The minimum absolute atomic E-state index is 0.190. The standard InChI is InChI=1S/C14H13NO4S/c1-19-11-4-2-9(3-5-11)6-13(16)15-10-7-12(14(17)18)20-8-10/h2-5,7-8H,6H2,1H3,(H,15,16)(H,17,18). The molecular weight excluding hydrogens is 278 g/mol. The van der Waals surface area contributed by atoms with Crippen LogP contribution in [0.3, 0.4) is 0 Å².